The van der Waals surface area contributed by atoms with Crippen LogP contribution in [0.1, 0.15) is 16.1 Å². The molecule has 1 heterocycles. The molecule has 4 heteroatoms. The zero-order valence-corrected chi connectivity index (χ0v) is 9.68. The minimum atomic E-state index is 0.503. The molecule has 17 heavy (non-hydrogen) atoms. The molecule has 2 rings (SSSR count). The number of rotatable bonds is 3. The van der Waals surface area contributed by atoms with Crippen LogP contribution in [0.5, 0.6) is 5.75 Å². The Morgan fingerprint density at radius 2 is 2.06 bits per heavy atom. The molecule has 0 bridgehead atoms. The normalized spacial score (nSPS) is 10.0. The summed E-state index contributed by atoms with van der Waals surface area (Å²) < 4.78 is 5.25. The van der Waals surface area contributed by atoms with Crippen molar-refractivity contribution in [2.45, 2.75) is 6.92 Å². The summed E-state index contributed by atoms with van der Waals surface area (Å²) in [6, 6.07) is 7.51. The number of carbonyl (C=O) groups excluding carboxylic acids is 1. The quantitative estimate of drug-likeness (QED) is 0.756. The maximum atomic E-state index is 10.7. The van der Waals surface area contributed by atoms with Crippen LogP contribution >= 0.6 is 0 Å². The first-order valence-corrected chi connectivity index (χ1v) is 5.18. The highest BCUT2D eigenvalue weighted by Gasteiger charge is 2.09. The molecule has 0 saturated carbocycles. The molecule has 0 spiro atoms. The fraction of sp³-hybridized carbons (Fsp3) is 0.154. The number of benzene rings is 1. The second-order valence-electron chi connectivity index (χ2n) is 3.55. The van der Waals surface area contributed by atoms with Crippen LogP contribution in [0, 0.1) is 6.92 Å². The summed E-state index contributed by atoms with van der Waals surface area (Å²) in [7, 11) is 1.60. The fourth-order valence-electron chi connectivity index (χ4n) is 1.55. The summed E-state index contributed by atoms with van der Waals surface area (Å²) in [6.45, 7) is 1.78. The number of nitrogens with zero attached hydrogens (tertiary/aromatic N) is 2. The molecular formula is C13H12N2O2. The van der Waals surface area contributed by atoms with Crippen molar-refractivity contribution in [3.8, 4) is 17.1 Å². The molecule has 0 saturated heterocycles. The molecule has 2 aromatic rings. The Kier molecular flexibility index (Phi) is 3.14. The Balaban J connectivity index is 2.53. The third kappa shape index (κ3) is 2.15. The van der Waals surface area contributed by atoms with Gasteiger partial charge in [0.15, 0.2) is 12.1 Å². The van der Waals surface area contributed by atoms with E-state index >= 15 is 0 Å². The van der Waals surface area contributed by atoms with E-state index in [0.29, 0.717) is 22.8 Å². The number of ether oxygens (including phenoxy) is 1. The Labute approximate surface area is 99.3 Å². The van der Waals surface area contributed by atoms with Crippen LogP contribution in [0.4, 0.5) is 0 Å². The van der Waals surface area contributed by atoms with Crippen molar-refractivity contribution in [2.24, 2.45) is 0 Å². The zero-order valence-electron chi connectivity index (χ0n) is 9.68. The Morgan fingerprint density at radius 1 is 1.29 bits per heavy atom. The van der Waals surface area contributed by atoms with Crippen LogP contribution < -0.4 is 4.74 Å². The highest BCUT2D eigenvalue weighted by Crippen LogP contribution is 2.26. The number of aromatic nitrogens is 2. The van der Waals surface area contributed by atoms with E-state index < -0.39 is 0 Å². The second-order valence-corrected chi connectivity index (χ2v) is 3.55. The van der Waals surface area contributed by atoms with Crippen molar-refractivity contribution >= 4 is 6.29 Å². The lowest BCUT2D eigenvalue weighted by Crippen LogP contribution is -1.98. The van der Waals surface area contributed by atoms with Gasteiger partial charge in [-0.05, 0) is 19.1 Å². The van der Waals surface area contributed by atoms with Crippen molar-refractivity contribution in [2.75, 3.05) is 7.11 Å². The van der Waals surface area contributed by atoms with Gasteiger partial charge in [-0.25, -0.2) is 9.97 Å². The van der Waals surface area contributed by atoms with E-state index in [2.05, 4.69) is 9.97 Å². The SMILES string of the molecule is COc1ccccc1-c1ncc(C=O)c(C)n1. The van der Waals surface area contributed by atoms with Gasteiger partial charge in [0.2, 0.25) is 0 Å². The van der Waals surface area contributed by atoms with Crippen molar-refractivity contribution in [3.63, 3.8) is 0 Å². The first-order valence-electron chi connectivity index (χ1n) is 5.18. The molecular weight excluding hydrogens is 216 g/mol. The molecule has 0 N–H and O–H groups in total. The zero-order chi connectivity index (χ0) is 12.3. The minimum Gasteiger partial charge on any atom is -0.496 e. The van der Waals surface area contributed by atoms with E-state index in [9.17, 15) is 4.79 Å². The maximum Gasteiger partial charge on any atom is 0.163 e. The van der Waals surface area contributed by atoms with Crippen molar-refractivity contribution < 1.29 is 9.53 Å². The van der Waals surface area contributed by atoms with Crippen LogP contribution in [-0.4, -0.2) is 23.4 Å². The van der Waals surface area contributed by atoms with E-state index in [1.165, 1.54) is 6.20 Å². The lowest BCUT2D eigenvalue weighted by Gasteiger charge is -2.07. The van der Waals surface area contributed by atoms with E-state index in [1.54, 1.807) is 14.0 Å². The average molecular weight is 228 g/mol. The molecule has 0 atom stereocenters. The third-order valence-electron chi connectivity index (χ3n) is 2.49. The van der Waals surface area contributed by atoms with E-state index in [-0.39, 0.29) is 0 Å². The molecule has 0 fully saturated rings. The standard InChI is InChI=1S/C13H12N2O2/c1-9-10(8-16)7-14-13(15-9)11-5-3-4-6-12(11)17-2/h3-8H,1-2H3. The van der Waals surface area contributed by atoms with Gasteiger partial charge in [-0.15, -0.1) is 0 Å². The van der Waals surface area contributed by atoms with Crippen molar-refractivity contribution in [1.29, 1.82) is 0 Å². The molecule has 0 unspecified atom stereocenters. The first-order chi connectivity index (χ1) is 8.26. The average Bonchev–Trinajstić information content (AvgIpc) is 2.38. The van der Waals surface area contributed by atoms with Gasteiger partial charge in [0, 0.05) is 6.20 Å². The van der Waals surface area contributed by atoms with Gasteiger partial charge in [-0.3, -0.25) is 4.79 Å². The number of hydrogen-bond donors (Lipinski definition) is 0. The Bertz CT molecular complexity index is 553. The number of carbonyl (C=O) groups is 1. The van der Waals surface area contributed by atoms with Gasteiger partial charge < -0.3 is 4.74 Å². The largest absolute Gasteiger partial charge is 0.496 e. The molecule has 0 radical (unpaired) electrons. The third-order valence-corrected chi connectivity index (χ3v) is 2.49. The van der Waals surface area contributed by atoms with Crippen LogP contribution in [0.2, 0.25) is 0 Å². The summed E-state index contributed by atoms with van der Waals surface area (Å²) in [4.78, 5) is 19.2. The number of para-hydroxylation sites is 1. The highest BCUT2D eigenvalue weighted by atomic mass is 16.5. The van der Waals surface area contributed by atoms with E-state index in [0.717, 1.165) is 11.8 Å². The van der Waals surface area contributed by atoms with Crippen molar-refractivity contribution in [1.82, 2.24) is 9.97 Å². The Morgan fingerprint density at radius 3 is 2.71 bits per heavy atom. The molecule has 0 aliphatic heterocycles. The van der Waals surface area contributed by atoms with E-state index in [4.69, 9.17) is 4.74 Å². The summed E-state index contributed by atoms with van der Waals surface area (Å²) in [5, 5.41) is 0. The van der Waals surface area contributed by atoms with Gasteiger partial charge in [-0.2, -0.15) is 0 Å². The van der Waals surface area contributed by atoms with Gasteiger partial charge in [-0.1, -0.05) is 12.1 Å². The molecule has 4 nitrogen and oxygen atoms in total. The highest BCUT2D eigenvalue weighted by molar-refractivity contribution is 5.76. The number of methoxy groups -OCH3 is 1. The smallest absolute Gasteiger partial charge is 0.163 e. The van der Waals surface area contributed by atoms with Gasteiger partial charge in [0.05, 0.1) is 23.9 Å². The van der Waals surface area contributed by atoms with Gasteiger partial charge in [0.25, 0.3) is 0 Å². The number of aryl methyl sites for hydroxylation is 1. The monoisotopic (exact) mass is 228 g/mol. The Hall–Kier alpha value is -2.23. The lowest BCUT2D eigenvalue weighted by atomic mass is 10.1. The summed E-state index contributed by atoms with van der Waals surface area (Å²) >= 11 is 0. The summed E-state index contributed by atoms with van der Waals surface area (Å²) in [6.07, 6.45) is 2.28. The number of hydrogen-bond acceptors (Lipinski definition) is 4. The van der Waals surface area contributed by atoms with E-state index in [1.807, 2.05) is 24.3 Å². The minimum absolute atomic E-state index is 0.503. The fourth-order valence-corrected chi connectivity index (χ4v) is 1.55. The summed E-state index contributed by atoms with van der Waals surface area (Å²) in [5.74, 6) is 1.27. The molecule has 0 aliphatic carbocycles. The number of aldehydes is 1. The van der Waals surface area contributed by atoms with Crippen LogP contribution in [0.3, 0.4) is 0 Å². The molecule has 1 aromatic heterocycles. The van der Waals surface area contributed by atoms with Crippen LogP contribution in [-0.2, 0) is 0 Å². The molecule has 86 valence electrons. The van der Waals surface area contributed by atoms with Crippen molar-refractivity contribution in [3.05, 3.63) is 41.7 Å². The predicted molar refractivity (Wildman–Crippen MR) is 64.1 cm³/mol. The van der Waals surface area contributed by atoms with Gasteiger partial charge in [0.1, 0.15) is 5.75 Å². The topological polar surface area (TPSA) is 52.1 Å². The molecule has 0 aliphatic rings. The summed E-state index contributed by atoms with van der Waals surface area (Å²) in [5.41, 5.74) is 1.98. The van der Waals surface area contributed by atoms with Gasteiger partial charge >= 0.3 is 0 Å². The maximum absolute atomic E-state index is 10.7. The molecule has 0 amide bonds. The lowest BCUT2D eigenvalue weighted by molar-refractivity contribution is 0.112. The predicted octanol–water partition coefficient (Wildman–Crippen LogP) is 2.27. The molecule has 1 aromatic carbocycles. The first kappa shape index (κ1) is 11.3. The van der Waals surface area contributed by atoms with Crippen LogP contribution in [0.15, 0.2) is 30.5 Å². The second kappa shape index (κ2) is 4.74. The van der Waals surface area contributed by atoms with Crippen LogP contribution in [0.25, 0.3) is 11.4 Å².